The van der Waals surface area contributed by atoms with Crippen molar-refractivity contribution in [2.45, 2.75) is 12.5 Å². The van der Waals surface area contributed by atoms with Gasteiger partial charge in [-0.15, -0.1) is 0 Å². The first kappa shape index (κ1) is 26.1. The van der Waals surface area contributed by atoms with Gasteiger partial charge in [0.15, 0.2) is 5.75 Å². The number of aromatic nitrogens is 2. The number of carboxylic acids is 1. The summed E-state index contributed by atoms with van der Waals surface area (Å²) in [5.74, 6) is -0.837. The SMILES string of the molecule is COc1cnn(C)c(=O)c1-c1ccc(C[C@H](NC(=O)NNN2CCN(CCO)CC2)C(=O)O)cc1. The van der Waals surface area contributed by atoms with Crippen molar-refractivity contribution in [1.82, 2.24) is 36.0 Å². The van der Waals surface area contributed by atoms with Crippen molar-refractivity contribution in [3.05, 3.63) is 46.4 Å². The van der Waals surface area contributed by atoms with Gasteiger partial charge in [-0.25, -0.2) is 19.3 Å². The molecule has 1 aliphatic heterocycles. The summed E-state index contributed by atoms with van der Waals surface area (Å²) in [6, 6.07) is 4.98. The number of nitrogens with zero attached hydrogens (tertiary/aromatic N) is 4. The van der Waals surface area contributed by atoms with Crippen molar-refractivity contribution >= 4 is 12.0 Å². The van der Waals surface area contributed by atoms with E-state index in [0.29, 0.717) is 42.1 Å². The molecular formula is C22H31N7O6. The number of hydrogen-bond acceptors (Lipinski definition) is 9. The van der Waals surface area contributed by atoms with Gasteiger partial charge < -0.3 is 20.3 Å². The molecule has 35 heavy (non-hydrogen) atoms. The number of rotatable bonds is 10. The predicted molar refractivity (Wildman–Crippen MR) is 126 cm³/mol. The van der Waals surface area contributed by atoms with Crippen molar-refractivity contribution in [3.8, 4) is 16.9 Å². The van der Waals surface area contributed by atoms with E-state index in [2.05, 4.69) is 26.3 Å². The Balaban J connectivity index is 1.57. The quantitative estimate of drug-likeness (QED) is 0.256. The number of urea groups is 1. The van der Waals surface area contributed by atoms with Crippen LogP contribution in [-0.4, -0.2) is 94.4 Å². The van der Waals surface area contributed by atoms with Crippen molar-refractivity contribution in [3.63, 3.8) is 0 Å². The number of carbonyl (C=O) groups excluding carboxylic acids is 1. The number of hydrogen-bond donors (Lipinski definition) is 5. The highest BCUT2D eigenvalue weighted by molar-refractivity contribution is 5.82. The lowest BCUT2D eigenvalue weighted by Gasteiger charge is -2.34. The van der Waals surface area contributed by atoms with Crippen LogP contribution in [-0.2, 0) is 18.3 Å². The molecule has 1 saturated heterocycles. The van der Waals surface area contributed by atoms with Gasteiger partial charge in [0.1, 0.15) is 6.04 Å². The maximum absolute atomic E-state index is 12.5. The highest BCUT2D eigenvalue weighted by Crippen LogP contribution is 2.25. The monoisotopic (exact) mass is 489 g/mol. The Morgan fingerprint density at radius 3 is 2.46 bits per heavy atom. The number of ether oxygens (including phenoxy) is 1. The van der Waals surface area contributed by atoms with Gasteiger partial charge >= 0.3 is 12.0 Å². The molecule has 1 atom stereocenters. The molecule has 0 radical (unpaired) electrons. The van der Waals surface area contributed by atoms with Gasteiger partial charge in [-0.1, -0.05) is 24.3 Å². The number of carboxylic acid groups (broad SMARTS) is 1. The van der Waals surface area contributed by atoms with Gasteiger partial charge in [-0.05, 0) is 11.1 Å². The van der Waals surface area contributed by atoms with E-state index >= 15 is 0 Å². The third kappa shape index (κ3) is 6.99. The summed E-state index contributed by atoms with van der Waals surface area (Å²) in [5.41, 5.74) is 6.55. The van der Waals surface area contributed by atoms with Crippen LogP contribution >= 0.6 is 0 Å². The molecule has 0 saturated carbocycles. The molecule has 1 aromatic carbocycles. The Hall–Kier alpha value is -3.52. The third-order valence-corrected chi connectivity index (χ3v) is 5.72. The van der Waals surface area contributed by atoms with Gasteiger partial charge in [-0.2, -0.15) is 10.6 Å². The standard InChI is InChI=1S/C22H31N7O6/c1-27-20(31)19(18(35-2)14-23-27)16-5-3-15(4-6-16)13-17(21(32)33)24-22(34)25-26-29-9-7-28(8-10-29)11-12-30/h3-6,14,17,26,30H,7-13H2,1-2H3,(H,32,33)(H2,24,25,34)/t17-/m0/s1. The zero-order valence-electron chi connectivity index (χ0n) is 19.7. The first-order valence-corrected chi connectivity index (χ1v) is 11.1. The van der Waals surface area contributed by atoms with Crippen LogP contribution in [0, 0.1) is 0 Å². The Kier molecular flexibility index (Phi) is 9.14. The summed E-state index contributed by atoms with van der Waals surface area (Å²) in [6.45, 7) is 3.46. The van der Waals surface area contributed by atoms with E-state index in [9.17, 15) is 19.5 Å². The minimum atomic E-state index is -1.17. The fraction of sp³-hybridized carbons (Fsp3) is 0.455. The topological polar surface area (TPSA) is 161 Å². The van der Waals surface area contributed by atoms with Gasteiger partial charge in [0, 0.05) is 46.2 Å². The fourth-order valence-corrected chi connectivity index (χ4v) is 3.74. The Morgan fingerprint density at radius 1 is 1.17 bits per heavy atom. The number of piperazine rings is 1. The molecule has 0 spiro atoms. The zero-order chi connectivity index (χ0) is 25.4. The second-order valence-corrected chi connectivity index (χ2v) is 8.07. The first-order valence-electron chi connectivity index (χ1n) is 11.1. The first-order chi connectivity index (χ1) is 16.8. The summed E-state index contributed by atoms with van der Waals surface area (Å²) >= 11 is 0. The average Bonchev–Trinajstić information content (AvgIpc) is 2.85. The molecule has 190 valence electrons. The van der Waals surface area contributed by atoms with Gasteiger partial charge in [0.2, 0.25) is 0 Å². The van der Waals surface area contributed by atoms with Crippen LogP contribution in [0.3, 0.4) is 0 Å². The van der Waals surface area contributed by atoms with Gasteiger partial charge in [0.25, 0.3) is 5.56 Å². The predicted octanol–water partition coefficient (Wildman–Crippen LogP) is -1.22. The van der Waals surface area contributed by atoms with Crippen LogP contribution < -0.4 is 26.6 Å². The molecule has 0 aliphatic carbocycles. The maximum atomic E-state index is 12.5. The normalized spacial score (nSPS) is 15.4. The van der Waals surface area contributed by atoms with E-state index in [1.807, 2.05) is 0 Å². The summed E-state index contributed by atoms with van der Waals surface area (Å²) in [4.78, 5) is 38.6. The minimum Gasteiger partial charge on any atom is -0.494 e. The van der Waals surface area contributed by atoms with Crippen LogP contribution in [0.5, 0.6) is 5.75 Å². The molecule has 13 heteroatoms. The largest absolute Gasteiger partial charge is 0.494 e. The van der Waals surface area contributed by atoms with Crippen LogP contribution in [0.25, 0.3) is 11.1 Å². The van der Waals surface area contributed by atoms with E-state index < -0.39 is 18.0 Å². The lowest BCUT2D eigenvalue weighted by molar-refractivity contribution is -0.139. The zero-order valence-corrected chi connectivity index (χ0v) is 19.7. The molecule has 2 aromatic rings. The summed E-state index contributed by atoms with van der Waals surface area (Å²) in [6.07, 6.45) is 1.51. The molecule has 1 aromatic heterocycles. The molecule has 2 amide bonds. The van der Waals surface area contributed by atoms with E-state index in [1.165, 1.54) is 18.0 Å². The molecule has 0 unspecified atom stereocenters. The van der Waals surface area contributed by atoms with Gasteiger partial charge in [-0.3, -0.25) is 15.1 Å². The molecular weight excluding hydrogens is 458 g/mol. The number of β-amino-alcohol motifs (C(OH)–C–C–N with tert-alkyl or cyclic N) is 1. The molecule has 1 aliphatic rings. The number of nitrogens with one attached hydrogen (secondary N) is 3. The number of methoxy groups -OCH3 is 1. The summed E-state index contributed by atoms with van der Waals surface area (Å²) < 4.78 is 6.46. The van der Waals surface area contributed by atoms with Crippen LogP contribution in [0.15, 0.2) is 35.3 Å². The molecule has 5 N–H and O–H groups in total. The number of aliphatic hydroxyl groups is 1. The number of benzene rings is 1. The molecule has 13 nitrogen and oxygen atoms in total. The Morgan fingerprint density at radius 2 is 1.86 bits per heavy atom. The molecule has 2 heterocycles. The fourth-order valence-electron chi connectivity index (χ4n) is 3.74. The molecule has 1 fully saturated rings. The van der Waals surface area contributed by atoms with Crippen molar-refractivity contribution < 1.29 is 24.5 Å². The summed E-state index contributed by atoms with van der Waals surface area (Å²) in [7, 11) is 2.99. The summed E-state index contributed by atoms with van der Waals surface area (Å²) in [5, 5.41) is 26.8. The number of aryl methyl sites for hydroxylation is 1. The number of hydrazine groups is 2. The minimum absolute atomic E-state index is 0.0500. The smallest absolute Gasteiger partial charge is 0.330 e. The van der Waals surface area contributed by atoms with Crippen molar-refractivity contribution in [1.29, 1.82) is 0 Å². The van der Waals surface area contributed by atoms with Crippen molar-refractivity contribution in [2.24, 2.45) is 7.05 Å². The van der Waals surface area contributed by atoms with E-state index in [0.717, 1.165) is 13.1 Å². The highest BCUT2D eigenvalue weighted by Gasteiger charge is 2.22. The van der Waals surface area contributed by atoms with Gasteiger partial charge in [0.05, 0.1) is 25.5 Å². The molecule has 3 rings (SSSR count). The van der Waals surface area contributed by atoms with Crippen LogP contribution in [0.4, 0.5) is 4.79 Å². The Bertz CT molecular complexity index is 1070. The highest BCUT2D eigenvalue weighted by atomic mass is 16.5. The number of aliphatic carboxylic acids is 1. The van der Waals surface area contributed by atoms with E-state index in [1.54, 1.807) is 36.3 Å². The number of aliphatic hydroxyl groups excluding tert-OH is 1. The Labute approximate surface area is 202 Å². The lowest BCUT2D eigenvalue weighted by Crippen LogP contribution is -2.60. The molecule has 0 bridgehead atoms. The average molecular weight is 490 g/mol. The third-order valence-electron chi connectivity index (χ3n) is 5.72. The van der Waals surface area contributed by atoms with E-state index in [4.69, 9.17) is 9.84 Å². The van der Waals surface area contributed by atoms with Crippen LogP contribution in [0.1, 0.15) is 5.56 Å². The lowest BCUT2D eigenvalue weighted by atomic mass is 10.0. The maximum Gasteiger partial charge on any atom is 0.330 e. The second-order valence-electron chi connectivity index (χ2n) is 8.07. The number of amides is 2. The van der Waals surface area contributed by atoms with E-state index in [-0.39, 0.29) is 18.6 Å². The van der Waals surface area contributed by atoms with Crippen LogP contribution in [0.2, 0.25) is 0 Å². The second kappa shape index (κ2) is 12.3. The number of carbonyl (C=O) groups is 2. The van der Waals surface area contributed by atoms with Crippen molar-refractivity contribution in [2.75, 3.05) is 46.4 Å².